The summed E-state index contributed by atoms with van der Waals surface area (Å²) in [5.41, 5.74) is -3.45. The second-order valence-corrected chi connectivity index (χ2v) is 9.61. The average molecular weight is 514 g/mol. The van der Waals surface area contributed by atoms with Crippen LogP contribution < -0.4 is 40.2 Å². The monoisotopic (exact) mass is 513 g/mol. The Hall–Kier alpha value is -1.50. The largest absolute Gasteiger partial charge is 1.00 e. The van der Waals surface area contributed by atoms with Gasteiger partial charge in [-0.1, -0.05) is 44.1 Å². The van der Waals surface area contributed by atoms with Crippen molar-refractivity contribution in [2.75, 3.05) is 6.54 Å². The molecule has 10 nitrogen and oxygen atoms in total. The van der Waals surface area contributed by atoms with E-state index in [1.807, 2.05) is 0 Å². The number of hydrogen-bond donors (Lipinski definition) is 3. The van der Waals surface area contributed by atoms with Gasteiger partial charge in [0.05, 0.1) is 15.6 Å². The Kier molecular flexibility index (Phi) is 8.60. The maximum absolute atomic E-state index is 13.2. The van der Waals surface area contributed by atoms with E-state index in [1.54, 1.807) is 13.8 Å². The van der Waals surface area contributed by atoms with Crippen LogP contribution in [0.2, 0.25) is 0 Å². The first-order valence-electron chi connectivity index (χ1n) is 13.8. The molecule has 4 atom stereocenters. The van der Waals surface area contributed by atoms with Gasteiger partial charge < -0.3 is 25.0 Å². The van der Waals surface area contributed by atoms with Crippen LogP contribution in [0.4, 0.5) is 4.79 Å². The van der Waals surface area contributed by atoms with Gasteiger partial charge in [0.25, 0.3) is 0 Å². The van der Waals surface area contributed by atoms with Crippen molar-refractivity contribution in [3.05, 3.63) is 35.8 Å². The number of benzene rings is 1. The normalized spacial score (nSPS) is 21.7. The predicted octanol–water partition coefficient (Wildman–Crippen LogP) is -1.70. The number of amides is 2. The van der Waals surface area contributed by atoms with Crippen molar-refractivity contribution in [2.45, 2.75) is 57.6 Å². The van der Waals surface area contributed by atoms with Crippen LogP contribution in [0.15, 0.2) is 30.2 Å². The van der Waals surface area contributed by atoms with Gasteiger partial charge in [-0.2, -0.15) is 0 Å². The third-order valence-electron chi connectivity index (χ3n) is 5.05. The zero-order chi connectivity index (χ0) is 30.7. The van der Waals surface area contributed by atoms with Crippen LogP contribution in [0, 0.1) is 17.8 Å². The van der Waals surface area contributed by atoms with Crippen LogP contribution in [0.5, 0.6) is 0 Å². The number of aliphatic hydroxyl groups excluding tert-OH is 1. The summed E-state index contributed by atoms with van der Waals surface area (Å²) in [6.07, 6.45) is -2.30. The molecule has 1 fully saturated rings. The molecule has 1 heterocycles. The number of carbonyl (C=O) groups excluding carboxylic acids is 3. The van der Waals surface area contributed by atoms with Crippen molar-refractivity contribution < 1.29 is 76.4 Å². The fourth-order valence-electron chi connectivity index (χ4n) is 3.48. The Morgan fingerprint density at radius 3 is 2.53 bits per heavy atom. The first-order valence-corrected chi connectivity index (χ1v) is 11.7. The van der Waals surface area contributed by atoms with Gasteiger partial charge in [0.1, 0.15) is 22.1 Å². The first-order chi connectivity index (χ1) is 18.3. The van der Waals surface area contributed by atoms with E-state index < -0.39 is 100.0 Å². The number of nitrogens with one attached hydrogen (secondary N) is 2. The van der Waals surface area contributed by atoms with Crippen molar-refractivity contribution in [3.8, 4) is 0 Å². The Morgan fingerprint density at radius 2 is 2.00 bits per heavy atom. The maximum Gasteiger partial charge on any atom is 1.00 e. The van der Waals surface area contributed by atoms with Crippen LogP contribution in [0.25, 0.3) is 0 Å². The topological polar surface area (TPSA) is 162 Å². The number of alkyl carbamates (subject to hydrolysis) is 1. The van der Waals surface area contributed by atoms with Gasteiger partial charge in [-0.25, -0.2) is 13.2 Å². The number of aliphatic hydroxyl groups is 1. The van der Waals surface area contributed by atoms with E-state index in [0.717, 1.165) is 0 Å². The summed E-state index contributed by atoms with van der Waals surface area (Å²) < 4.78 is 94.3. The Labute approximate surface area is 232 Å². The van der Waals surface area contributed by atoms with Crippen molar-refractivity contribution in [1.29, 1.82) is 0 Å². The summed E-state index contributed by atoms with van der Waals surface area (Å²) in [6, 6.07) is -5.79. The molecule has 184 valence electrons. The van der Waals surface area contributed by atoms with Gasteiger partial charge in [-0.3, -0.25) is 9.59 Å². The molecule has 2 amide bonds. The molecule has 3 N–H and O–H groups in total. The molecule has 0 spiro atoms. The Bertz CT molecular complexity index is 1240. The van der Waals surface area contributed by atoms with Crippen LogP contribution in [-0.4, -0.2) is 53.9 Å². The minimum atomic E-state index is -5.27. The maximum atomic E-state index is 13.2. The van der Waals surface area contributed by atoms with Crippen molar-refractivity contribution >= 4 is 27.9 Å². The molecule has 0 aliphatic carbocycles. The van der Waals surface area contributed by atoms with Crippen LogP contribution in [0.1, 0.15) is 54.7 Å². The molecule has 1 aromatic rings. The minimum absolute atomic E-state index is 0. The van der Waals surface area contributed by atoms with E-state index in [2.05, 4.69) is 10.6 Å². The third-order valence-corrected chi connectivity index (χ3v) is 6.02. The van der Waals surface area contributed by atoms with Crippen LogP contribution >= 0.6 is 0 Å². The number of ketones is 1. The van der Waals surface area contributed by atoms with Gasteiger partial charge in [0, 0.05) is 24.8 Å². The van der Waals surface area contributed by atoms with E-state index in [-0.39, 0.29) is 48.3 Å². The summed E-state index contributed by atoms with van der Waals surface area (Å²) in [5.74, 6) is -3.74. The number of hydrogen-bond acceptors (Lipinski definition) is 8. The minimum Gasteiger partial charge on any atom is -0.746 e. The smallest absolute Gasteiger partial charge is 0.746 e. The SMILES string of the molecule is [2H]c1c([2H])c([2H])c(C([2H])([2H])OC(=O)N[C@@H](CC(C)C)C(=O)C[C@@H](C[C@@H]2CCNC2=O)C(O)S(=O)(=O)[O-])c([2H])c1[2H].[Na+]. The first kappa shape index (κ1) is 20.7. The average Bonchev–Trinajstić information content (AvgIpc) is 3.22. The third kappa shape index (κ3) is 10.0. The molecule has 1 saturated heterocycles. The molecule has 2 rings (SSSR count). The number of Topliss-reactive ketones (excluding diaryl/α,β-unsaturated/α-hetero) is 1. The molecule has 0 bridgehead atoms. The summed E-state index contributed by atoms with van der Waals surface area (Å²) in [7, 11) is -5.27. The molecule has 1 aliphatic rings. The molecule has 0 radical (unpaired) electrons. The second kappa shape index (κ2) is 14.2. The van der Waals surface area contributed by atoms with Crippen LogP contribution in [-0.2, 0) is 31.0 Å². The van der Waals surface area contributed by atoms with Crippen molar-refractivity contribution in [2.24, 2.45) is 17.8 Å². The van der Waals surface area contributed by atoms with Gasteiger partial charge in [0.15, 0.2) is 5.78 Å². The molecular formula is C22H31N2NaO8S. The number of carbonyl (C=O) groups is 3. The van der Waals surface area contributed by atoms with E-state index in [9.17, 15) is 32.5 Å². The fraction of sp³-hybridized carbons (Fsp3) is 0.591. The van der Waals surface area contributed by atoms with E-state index >= 15 is 0 Å². The molecule has 0 aromatic heterocycles. The quantitative estimate of drug-likeness (QED) is 0.220. The van der Waals surface area contributed by atoms with E-state index in [0.29, 0.717) is 13.0 Å². The fourth-order valence-corrected chi connectivity index (χ4v) is 4.16. The summed E-state index contributed by atoms with van der Waals surface area (Å²) in [5, 5.41) is 14.8. The van der Waals surface area contributed by atoms with Gasteiger partial charge in [-0.05, 0) is 30.7 Å². The van der Waals surface area contributed by atoms with Gasteiger partial charge in [-0.15, -0.1) is 0 Å². The molecule has 1 aliphatic heterocycles. The van der Waals surface area contributed by atoms with Crippen molar-refractivity contribution in [3.63, 3.8) is 0 Å². The molecule has 12 heteroatoms. The number of rotatable bonds is 12. The Morgan fingerprint density at radius 1 is 1.35 bits per heavy atom. The molecule has 1 aromatic carbocycles. The van der Waals surface area contributed by atoms with E-state index in [1.165, 1.54) is 0 Å². The standard InChI is InChI=1S/C22H32N2O8S.Na/c1-14(2)10-18(24-22(28)32-13-15-6-4-3-5-7-15)19(25)12-17(21(27)33(29,30)31)11-16-8-9-23-20(16)26;/h3-7,14,16-18,21,27H,8-13H2,1-2H3,(H,23,26)(H,24,28)(H,29,30,31);/q;+1/p-1/t16-,17+,18-,21?;/m0./s1/i3D,4D,5D,6D,7D,13D2;. The summed E-state index contributed by atoms with van der Waals surface area (Å²) in [6.45, 7) is 0.422. The van der Waals surface area contributed by atoms with Gasteiger partial charge >= 0.3 is 35.7 Å². The Balaban J connectivity index is 0.00000840. The zero-order valence-corrected chi connectivity index (χ0v) is 22.0. The van der Waals surface area contributed by atoms with Gasteiger partial charge in [0.2, 0.25) is 5.91 Å². The summed E-state index contributed by atoms with van der Waals surface area (Å²) >= 11 is 0. The predicted molar refractivity (Wildman–Crippen MR) is 118 cm³/mol. The molecular weight excluding hydrogens is 475 g/mol. The number of ether oxygens (including phenoxy) is 1. The zero-order valence-electron chi connectivity index (χ0n) is 26.1. The molecule has 34 heavy (non-hydrogen) atoms. The molecule has 1 unspecified atom stereocenters. The van der Waals surface area contributed by atoms with Crippen LogP contribution in [0.3, 0.4) is 0 Å². The second-order valence-electron chi connectivity index (χ2n) is 8.14. The summed E-state index contributed by atoms with van der Waals surface area (Å²) in [4.78, 5) is 37.8. The van der Waals surface area contributed by atoms with E-state index in [4.69, 9.17) is 14.3 Å². The van der Waals surface area contributed by atoms with Crippen molar-refractivity contribution in [1.82, 2.24) is 10.6 Å². The molecule has 0 saturated carbocycles.